The minimum atomic E-state index is -0.864. The van der Waals surface area contributed by atoms with E-state index >= 15 is 0 Å². The molecule has 4 rings (SSSR count). The van der Waals surface area contributed by atoms with Crippen LogP contribution in [-0.2, 0) is 17.6 Å². The molecule has 0 saturated carbocycles. The number of aryl methyl sites for hydroxylation is 1. The van der Waals surface area contributed by atoms with Crippen molar-refractivity contribution >= 4 is 11.6 Å². The molecule has 1 aliphatic rings. The minimum absolute atomic E-state index is 0.000828. The number of amides is 1. The Kier molecular flexibility index (Phi) is 6.23. The predicted molar refractivity (Wildman–Crippen MR) is 115 cm³/mol. The van der Waals surface area contributed by atoms with E-state index in [0.717, 1.165) is 16.8 Å². The topological polar surface area (TPSA) is 88.5 Å². The molecule has 1 saturated heterocycles. The molecule has 3 aromatic rings. The first-order chi connectivity index (χ1) is 15.5. The number of piperidine rings is 1. The molecule has 0 radical (unpaired) electrons. The monoisotopic (exact) mass is 434 g/mol. The molecule has 1 aromatic heterocycles. The van der Waals surface area contributed by atoms with Gasteiger partial charge in [-0.2, -0.15) is 0 Å². The summed E-state index contributed by atoms with van der Waals surface area (Å²) < 4.78 is 15.0. The number of carbonyl (C=O) groups excluding carboxylic acids is 1. The number of hydrogen-bond acceptors (Lipinski definition) is 5. The fourth-order valence-corrected chi connectivity index (χ4v) is 3.93. The van der Waals surface area contributed by atoms with Crippen LogP contribution in [0, 0.1) is 12.4 Å². The molecule has 0 spiro atoms. The molecule has 0 unspecified atom stereocenters. The second-order valence-electron chi connectivity index (χ2n) is 8.10. The fourth-order valence-electron chi connectivity index (χ4n) is 3.93. The van der Waals surface area contributed by atoms with Crippen LogP contribution >= 0.6 is 0 Å². The summed E-state index contributed by atoms with van der Waals surface area (Å²) >= 11 is 0. The summed E-state index contributed by atoms with van der Waals surface area (Å²) in [6, 6.07) is 12.0. The van der Waals surface area contributed by atoms with Crippen LogP contribution in [0.4, 0.5) is 10.1 Å². The van der Waals surface area contributed by atoms with Gasteiger partial charge in [0.25, 0.3) is 0 Å². The number of hydrogen-bond donors (Lipinski definition) is 1. The van der Waals surface area contributed by atoms with Gasteiger partial charge in [-0.25, -0.2) is 13.9 Å². The Bertz CT molecular complexity index is 1120. The number of aliphatic hydroxyl groups is 1. The van der Waals surface area contributed by atoms with Crippen LogP contribution in [0.25, 0.3) is 10.5 Å². The van der Waals surface area contributed by atoms with Gasteiger partial charge < -0.3 is 10.0 Å². The lowest BCUT2D eigenvalue weighted by atomic mass is 9.85. The summed E-state index contributed by atoms with van der Waals surface area (Å²) in [5.41, 5.74) is 1.69. The Morgan fingerprint density at radius 3 is 2.53 bits per heavy atom. The lowest BCUT2D eigenvalue weighted by molar-refractivity contribution is -0.134. The molecule has 164 valence electrons. The number of benzene rings is 2. The molecular formula is C23H23FN6O2. The summed E-state index contributed by atoms with van der Waals surface area (Å²) in [4.78, 5) is 17.7. The first-order valence-electron chi connectivity index (χ1n) is 10.4. The number of rotatable bonds is 6. The van der Waals surface area contributed by atoms with E-state index in [0.29, 0.717) is 45.2 Å². The first-order valence-corrected chi connectivity index (χ1v) is 10.4. The van der Waals surface area contributed by atoms with Gasteiger partial charge in [0.15, 0.2) is 0 Å². The third-order valence-corrected chi connectivity index (χ3v) is 5.96. The van der Waals surface area contributed by atoms with Crippen LogP contribution in [0.5, 0.6) is 0 Å². The van der Waals surface area contributed by atoms with Gasteiger partial charge in [0.1, 0.15) is 12.1 Å². The lowest BCUT2D eigenvalue weighted by Gasteiger charge is -2.38. The lowest BCUT2D eigenvalue weighted by Crippen LogP contribution is -2.47. The number of halogens is 1. The molecule has 1 amide bonds. The molecule has 2 heterocycles. The molecule has 1 fully saturated rings. The summed E-state index contributed by atoms with van der Waals surface area (Å²) in [5, 5.41) is 22.0. The van der Waals surface area contributed by atoms with Crippen molar-refractivity contribution in [3.8, 4) is 5.69 Å². The molecule has 0 atom stereocenters. The fraction of sp³-hybridized carbons (Fsp3) is 0.348. The molecule has 0 bridgehead atoms. The standard InChI is InChI=1S/C23H23FN6O2/c1-25-21-14-18(4-7-20(21)24)8-9-23(32)10-12-29(13-11-23)22(31)15-17-2-5-19(6-3-17)30-16-26-27-28-30/h2-7,14,16,32H,8-13,15H2. The number of nitrogens with zero attached hydrogens (tertiary/aromatic N) is 6. The van der Waals surface area contributed by atoms with Gasteiger partial charge >= 0.3 is 0 Å². The molecule has 32 heavy (non-hydrogen) atoms. The average Bonchev–Trinajstić information content (AvgIpc) is 3.34. The van der Waals surface area contributed by atoms with E-state index in [1.165, 1.54) is 18.5 Å². The maximum atomic E-state index is 13.5. The van der Waals surface area contributed by atoms with Crippen molar-refractivity contribution in [1.82, 2.24) is 25.1 Å². The Labute approximate surface area is 185 Å². The predicted octanol–water partition coefficient (Wildman–Crippen LogP) is 2.88. The third kappa shape index (κ3) is 4.98. The maximum absolute atomic E-state index is 13.5. The van der Waals surface area contributed by atoms with Crippen molar-refractivity contribution in [2.75, 3.05) is 13.1 Å². The van der Waals surface area contributed by atoms with Crippen molar-refractivity contribution < 1.29 is 14.3 Å². The zero-order valence-electron chi connectivity index (χ0n) is 17.5. The van der Waals surface area contributed by atoms with Crippen molar-refractivity contribution in [2.24, 2.45) is 0 Å². The third-order valence-electron chi connectivity index (χ3n) is 5.96. The van der Waals surface area contributed by atoms with Crippen LogP contribution in [0.15, 0.2) is 48.8 Å². The Morgan fingerprint density at radius 2 is 1.88 bits per heavy atom. The molecule has 1 aliphatic heterocycles. The smallest absolute Gasteiger partial charge is 0.226 e. The van der Waals surface area contributed by atoms with Crippen molar-refractivity contribution in [3.63, 3.8) is 0 Å². The Morgan fingerprint density at radius 1 is 1.16 bits per heavy atom. The SMILES string of the molecule is [C-]#[N+]c1cc(CCC2(O)CCN(C(=O)Cc3ccc(-n4cnnn4)cc3)CC2)ccc1F. The number of likely N-dealkylation sites (tertiary alicyclic amines) is 1. The highest BCUT2D eigenvalue weighted by molar-refractivity contribution is 5.79. The second-order valence-corrected chi connectivity index (χ2v) is 8.10. The van der Waals surface area contributed by atoms with E-state index < -0.39 is 11.4 Å². The van der Waals surface area contributed by atoms with Gasteiger partial charge in [0, 0.05) is 13.1 Å². The summed E-state index contributed by atoms with van der Waals surface area (Å²) in [6.45, 7) is 8.01. The molecule has 1 N–H and O–H groups in total. The highest BCUT2D eigenvalue weighted by atomic mass is 19.1. The van der Waals surface area contributed by atoms with Crippen LogP contribution in [0.1, 0.15) is 30.4 Å². The second kappa shape index (κ2) is 9.24. The minimum Gasteiger partial charge on any atom is -0.390 e. The van der Waals surface area contributed by atoms with E-state index in [-0.39, 0.29) is 11.6 Å². The summed E-state index contributed by atoms with van der Waals surface area (Å²) in [5.74, 6) is -0.498. The van der Waals surface area contributed by atoms with Crippen LogP contribution in [0.2, 0.25) is 0 Å². The van der Waals surface area contributed by atoms with E-state index in [4.69, 9.17) is 6.57 Å². The zero-order valence-corrected chi connectivity index (χ0v) is 17.5. The quantitative estimate of drug-likeness (QED) is 0.603. The largest absolute Gasteiger partial charge is 0.390 e. The maximum Gasteiger partial charge on any atom is 0.226 e. The molecule has 2 aromatic carbocycles. The van der Waals surface area contributed by atoms with Crippen LogP contribution in [-0.4, -0.2) is 54.8 Å². The normalized spacial score (nSPS) is 15.3. The van der Waals surface area contributed by atoms with Gasteiger partial charge in [-0.15, -0.1) is 5.10 Å². The van der Waals surface area contributed by atoms with Crippen LogP contribution in [0.3, 0.4) is 0 Å². The highest BCUT2D eigenvalue weighted by Gasteiger charge is 2.33. The van der Waals surface area contributed by atoms with Crippen molar-refractivity contribution in [2.45, 2.75) is 37.7 Å². The van der Waals surface area contributed by atoms with E-state index in [1.807, 2.05) is 24.3 Å². The van der Waals surface area contributed by atoms with Gasteiger partial charge in [-0.3, -0.25) is 4.79 Å². The molecule has 9 heteroatoms. The number of aromatic nitrogens is 4. The van der Waals surface area contributed by atoms with Crippen LogP contribution < -0.4 is 0 Å². The highest BCUT2D eigenvalue weighted by Crippen LogP contribution is 2.29. The number of carbonyl (C=O) groups is 1. The van der Waals surface area contributed by atoms with Gasteiger partial charge in [0.05, 0.1) is 24.3 Å². The Hall–Kier alpha value is -3.64. The molecule has 0 aliphatic carbocycles. The zero-order chi connectivity index (χ0) is 22.6. The van der Waals surface area contributed by atoms with Crippen molar-refractivity contribution in [3.05, 3.63) is 77.2 Å². The van der Waals surface area contributed by atoms with E-state index in [1.54, 1.807) is 15.6 Å². The first kappa shape index (κ1) is 21.6. The van der Waals surface area contributed by atoms with Gasteiger partial charge in [-0.05, 0) is 59.9 Å². The van der Waals surface area contributed by atoms with Gasteiger partial charge in [-0.1, -0.05) is 29.8 Å². The number of tetrazole rings is 1. The van der Waals surface area contributed by atoms with E-state index in [9.17, 15) is 14.3 Å². The molecular weight excluding hydrogens is 411 g/mol. The average molecular weight is 434 g/mol. The Balaban J connectivity index is 1.28. The molecule has 8 nitrogen and oxygen atoms in total. The van der Waals surface area contributed by atoms with Gasteiger partial charge in [0.2, 0.25) is 11.6 Å². The summed E-state index contributed by atoms with van der Waals surface area (Å²) in [6.07, 6.45) is 3.86. The van der Waals surface area contributed by atoms with Crippen molar-refractivity contribution in [1.29, 1.82) is 0 Å². The summed E-state index contributed by atoms with van der Waals surface area (Å²) in [7, 11) is 0. The van der Waals surface area contributed by atoms with E-state index in [2.05, 4.69) is 20.4 Å².